The molecule has 0 bridgehead atoms. The molecule has 2 fully saturated rings. The summed E-state index contributed by atoms with van der Waals surface area (Å²) in [5.74, 6) is -7.22. The minimum Gasteiger partial charge on any atom is -0.417 e. The molecule has 0 radical (unpaired) electrons. The molecule has 2 aliphatic heterocycles. The van der Waals surface area contributed by atoms with Crippen LogP contribution in [0.3, 0.4) is 0 Å². The van der Waals surface area contributed by atoms with Crippen LogP contribution in [0.1, 0.15) is 53.4 Å². The number of carbonyl (C=O) groups excluding carboxylic acids is 4. The predicted octanol–water partition coefficient (Wildman–Crippen LogP) is 0.624. The van der Waals surface area contributed by atoms with E-state index in [4.69, 9.17) is 18.9 Å². The van der Waals surface area contributed by atoms with E-state index in [9.17, 15) is 19.2 Å². The summed E-state index contributed by atoms with van der Waals surface area (Å²) in [7, 11) is 0. The van der Waals surface area contributed by atoms with Gasteiger partial charge < -0.3 is 18.9 Å². The lowest BCUT2D eigenvalue weighted by Crippen LogP contribution is -2.53. The zero-order valence-corrected chi connectivity index (χ0v) is 22.1. The molecule has 2 aliphatic rings. The highest BCUT2D eigenvalue weighted by Gasteiger charge is 2.50. The van der Waals surface area contributed by atoms with Crippen LogP contribution in [0.15, 0.2) is 22.9 Å². The van der Waals surface area contributed by atoms with E-state index in [-0.39, 0.29) is 49.4 Å². The molecule has 4 rings (SSSR count). The first kappa shape index (κ1) is 28.1. The Labute approximate surface area is 226 Å². The Bertz CT molecular complexity index is 1170. The Morgan fingerprint density at radius 3 is 1.35 bits per heavy atom. The number of ether oxygens (including phenoxy) is 4. The van der Waals surface area contributed by atoms with Crippen LogP contribution in [-0.4, -0.2) is 77.2 Å². The van der Waals surface area contributed by atoms with Crippen molar-refractivity contribution in [1.82, 2.24) is 30.4 Å². The molecule has 4 N–H and O–H groups in total. The number of carbonyl (C=O) groups is 4. The molecule has 4 heterocycles. The van der Waals surface area contributed by atoms with Crippen LogP contribution < -0.4 is 10.9 Å². The van der Waals surface area contributed by atoms with Gasteiger partial charge in [-0.2, -0.15) is 30.4 Å². The monoisotopic (exact) mass is 560 g/mol. The summed E-state index contributed by atoms with van der Waals surface area (Å²) >= 11 is 0. The van der Waals surface area contributed by atoms with E-state index in [1.54, 1.807) is 13.8 Å². The second-order valence-corrected chi connectivity index (χ2v) is 9.26. The highest BCUT2D eigenvalue weighted by atomic mass is 16.8. The van der Waals surface area contributed by atoms with Gasteiger partial charge in [0.25, 0.3) is 23.0 Å². The van der Waals surface area contributed by atoms with Crippen LogP contribution in [-0.2, 0) is 38.1 Å². The summed E-state index contributed by atoms with van der Waals surface area (Å²) in [6.07, 6.45) is 3.02. The first-order valence-electron chi connectivity index (χ1n) is 12.4. The lowest BCUT2D eigenvalue weighted by Gasteiger charge is -2.40. The molecule has 2 aromatic heterocycles. The van der Waals surface area contributed by atoms with Crippen molar-refractivity contribution < 1.29 is 38.1 Å². The number of hydrogen-bond acceptors (Lipinski definition) is 16. The van der Waals surface area contributed by atoms with E-state index in [2.05, 4.69) is 51.4 Å². The maximum absolute atomic E-state index is 12.7. The van der Waals surface area contributed by atoms with Crippen LogP contribution in [0.5, 0.6) is 0 Å². The topological polar surface area (TPSA) is 237 Å². The van der Waals surface area contributed by atoms with E-state index >= 15 is 0 Å². The van der Waals surface area contributed by atoms with Crippen molar-refractivity contribution in [3.63, 3.8) is 0 Å². The minimum atomic E-state index is -1.54. The van der Waals surface area contributed by atoms with Gasteiger partial charge in [-0.3, -0.25) is 0 Å². The molecule has 0 saturated carbocycles. The van der Waals surface area contributed by atoms with E-state index in [0.29, 0.717) is 0 Å². The van der Waals surface area contributed by atoms with Gasteiger partial charge >= 0.3 is 23.9 Å². The molecule has 2 saturated heterocycles. The van der Waals surface area contributed by atoms with E-state index in [0.717, 1.165) is 0 Å². The zero-order valence-electron chi connectivity index (χ0n) is 22.1. The summed E-state index contributed by atoms with van der Waals surface area (Å²) < 4.78 is 22.2. The normalized spacial score (nSPS) is 24.3. The molecule has 40 heavy (non-hydrogen) atoms. The fourth-order valence-electron chi connectivity index (χ4n) is 4.12. The molecule has 18 heteroatoms. The number of H-pyrrole nitrogens is 2. The number of esters is 4. The van der Waals surface area contributed by atoms with Crippen LogP contribution >= 0.6 is 0 Å². The van der Waals surface area contributed by atoms with Gasteiger partial charge in [-0.25, -0.2) is 40.2 Å². The summed E-state index contributed by atoms with van der Waals surface area (Å²) in [5, 5.41) is 19.6. The Balaban J connectivity index is 1.39. The second-order valence-electron chi connectivity index (χ2n) is 9.26. The number of anilines is 2. The van der Waals surface area contributed by atoms with Crippen molar-refractivity contribution in [2.24, 2.45) is 22.0 Å². The number of rotatable bonds is 11. The molecular weight excluding hydrogens is 532 g/mol. The average Bonchev–Trinajstić information content (AvgIpc) is 3.62. The highest BCUT2D eigenvalue weighted by Crippen LogP contribution is 2.38. The molecule has 214 valence electrons. The van der Waals surface area contributed by atoms with Crippen molar-refractivity contribution in [3.05, 3.63) is 12.7 Å². The van der Waals surface area contributed by atoms with Gasteiger partial charge in [-0.05, 0) is 11.8 Å². The number of cyclic esters (lactones) is 4. The molecule has 0 spiro atoms. The third-order valence-corrected chi connectivity index (χ3v) is 6.58. The number of hydrogen-bond donors (Lipinski definition) is 4. The second kappa shape index (κ2) is 11.5. The third-order valence-electron chi connectivity index (χ3n) is 6.58. The molecule has 0 aliphatic carbocycles. The summed E-state index contributed by atoms with van der Waals surface area (Å²) in [6.45, 7) is 7.11. The Hall–Kier alpha value is -4.90. The van der Waals surface area contributed by atoms with Gasteiger partial charge in [-0.15, -0.1) is 0 Å². The molecular formula is C22H28N10O8. The Morgan fingerprint density at radius 2 is 1.07 bits per heavy atom. The average molecular weight is 561 g/mol. The first-order valence-corrected chi connectivity index (χ1v) is 12.4. The Kier molecular flexibility index (Phi) is 8.05. The van der Waals surface area contributed by atoms with Crippen molar-refractivity contribution in [2.45, 2.75) is 65.0 Å². The van der Waals surface area contributed by atoms with Crippen molar-refractivity contribution in [3.8, 4) is 0 Å². The van der Waals surface area contributed by atoms with E-state index in [1.807, 2.05) is 13.8 Å². The van der Waals surface area contributed by atoms with Crippen molar-refractivity contribution in [1.29, 1.82) is 0 Å². The van der Waals surface area contributed by atoms with Crippen molar-refractivity contribution in [2.75, 3.05) is 10.9 Å². The van der Waals surface area contributed by atoms with E-state index in [1.165, 1.54) is 12.7 Å². The molecule has 0 aromatic carbocycles. The summed E-state index contributed by atoms with van der Waals surface area (Å²) in [5.41, 5.74) is 3.63. The molecule has 18 nitrogen and oxygen atoms in total. The van der Waals surface area contributed by atoms with Crippen LogP contribution in [0, 0.1) is 11.8 Å². The van der Waals surface area contributed by atoms with Gasteiger partial charge in [0, 0.05) is 25.7 Å². The lowest BCUT2D eigenvalue weighted by molar-refractivity contribution is -0.244. The van der Waals surface area contributed by atoms with Gasteiger partial charge in [0.15, 0.2) is 0 Å². The van der Waals surface area contributed by atoms with Gasteiger partial charge in [-0.1, -0.05) is 27.7 Å². The van der Waals surface area contributed by atoms with Gasteiger partial charge in [0.2, 0.25) is 11.9 Å². The number of hydrazone groups is 2. The first-order chi connectivity index (χ1) is 19.1. The van der Waals surface area contributed by atoms with E-state index < -0.39 is 46.9 Å². The van der Waals surface area contributed by atoms with Crippen LogP contribution in [0.25, 0.3) is 0 Å². The largest absolute Gasteiger partial charge is 0.417 e. The maximum atomic E-state index is 12.7. The molecule has 2 atom stereocenters. The zero-order chi connectivity index (χ0) is 28.9. The fourth-order valence-corrected chi connectivity index (χ4v) is 4.12. The number of nitrogens with one attached hydrogen (secondary N) is 4. The molecule has 2 aromatic rings. The third kappa shape index (κ3) is 6.05. The number of nitrogens with zero attached hydrogens (tertiary/aromatic N) is 6. The number of aromatic amines is 2. The SMILES string of the molecule is CCC1(CC(C)C(C)CC2(CC)OC(=O)C(=NNc3ncn[nH]3)C(=O)O2)OC(=O)C(=NNc2ncn[nH]2)C(=O)O1. The van der Waals surface area contributed by atoms with Gasteiger partial charge in [0.05, 0.1) is 0 Å². The smallest absolute Gasteiger partial charge is 0.369 e. The fraction of sp³-hybridized carbons (Fsp3) is 0.545. The quantitative estimate of drug-likeness (QED) is 0.218. The summed E-state index contributed by atoms with van der Waals surface area (Å²) in [6, 6.07) is 0. The maximum Gasteiger partial charge on any atom is 0.369 e. The van der Waals surface area contributed by atoms with Crippen LogP contribution in [0.2, 0.25) is 0 Å². The summed E-state index contributed by atoms with van der Waals surface area (Å²) in [4.78, 5) is 58.2. The van der Waals surface area contributed by atoms with Gasteiger partial charge in [0.1, 0.15) is 12.7 Å². The lowest BCUT2D eigenvalue weighted by atomic mass is 9.83. The number of aromatic nitrogens is 6. The highest BCUT2D eigenvalue weighted by molar-refractivity contribution is 6.63. The predicted molar refractivity (Wildman–Crippen MR) is 133 cm³/mol. The van der Waals surface area contributed by atoms with Crippen LogP contribution in [0.4, 0.5) is 11.9 Å². The Morgan fingerprint density at radius 1 is 0.725 bits per heavy atom. The minimum absolute atomic E-state index is 0.112. The molecule has 2 unspecified atom stereocenters. The van der Waals surface area contributed by atoms with Crippen molar-refractivity contribution >= 4 is 47.2 Å². The standard InChI is InChI=1S/C22H28N10O8/c1-5-21(37-15(33)13(16(34)38-21)27-31-19-23-9-25-29-19)7-11(3)12(4)8-22(6-2)39-17(35)14(18(36)40-22)28-32-20-24-10-26-30-20/h9-12H,5-8H2,1-4H3,(H2,23,25,29,31)(H2,24,26,30,32). The molecule has 0 amide bonds.